The summed E-state index contributed by atoms with van der Waals surface area (Å²) in [6.07, 6.45) is 0. The minimum atomic E-state index is -0.400. The molecule has 0 bridgehead atoms. The van der Waals surface area contributed by atoms with Crippen LogP contribution in [0.4, 0.5) is 23.8 Å². The Morgan fingerprint density at radius 3 is 1.00 bits per heavy atom. The van der Waals surface area contributed by atoms with Crippen LogP contribution in [0, 0.1) is 0 Å². The molecule has 16 heteroatoms. The molecule has 2 heterocycles. The molecule has 0 aliphatic rings. The molecule has 16 nitrogen and oxygen atoms in total. The lowest BCUT2D eigenvalue weighted by atomic mass is 10.7. The first-order valence-electron chi connectivity index (χ1n) is 8.88. The van der Waals surface area contributed by atoms with Gasteiger partial charge in [-0.3, -0.25) is 0 Å². The van der Waals surface area contributed by atoms with Gasteiger partial charge in [-0.25, -0.2) is 0 Å². The Hall–Kier alpha value is -3.34. The van der Waals surface area contributed by atoms with E-state index < -0.39 is 6.79 Å². The van der Waals surface area contributed by atoms with Crippen molar-refractivity contribution in [3.05, 3.63) is 0 Å². The van der Waals surface area contributed by atoms with Crippen molar-refractivity contribution in [3.63, 3.8) is 0 Å². The SMILES string of the molecule is CN(CO)c1nc(OCOc2nc(N(C)CO)nc(N(C)CO)n2)nc(N(C)CO)n1. The quantitative estimate of drug-likeness (QED) is 0.243. The lowest BCUT2D eigenvalue weighted by molar-refractivity contribution is 0.100. The van der Waals surface area contributed by atoms with Crippen molar-refractivity contribution in [1.29, 1.82) is 0 Å². The Morgan fingerprint density at radius 1 is 0.516 bits per heavy atom. The average Bonchev–Trinajstić information content (AvgIpc) is 2.81. The number of nitrogens with zero attached hydrogens (tertiary/aromatic N) is 10. The van der Waals surface area contributed by atoms with Crippen LogP contribution in [0.1, 0.15) is 0 Å². The average molecular weight is 442 g/mol. The second kappa shape index (κ2) is 11.2. The largest absolute Gasteiger partial charge is 0.425 e. The zero-order valence-electron chi connectivity index (χ0n) is 17.6. The summed E-state index contributed by atoms with van der Waals surface area (Å²) in [4.78, 5) is 29.9. The first-order chi connectivity index (χ1) is 14.8. The number of ether oxygens (including phenoxy) is 2. The van der Waals surface area contributed by atoms with Crippen LogP contribution < -0.4 is 29.1 Å². The van der Waals surface area contributed by atoms with Crippen LogP contribution in [0.15, 0.2) is 0 Å². The molecule has 0 aliphatic heterocycles. The van der Waals surface area contributed by atoms with Crippen LogP contribution >= 0.6 is 0 Å². The predicted octanol–water partition coefficient (Wildman–Crippen LogP) is -2.98. The van der Waals surface area contributed by atoms with E-state index in [2.05, 4.69) is 29.9 Å². The second-order valence-corrected chi connectivity index (χ2v) is 6.20. The van der Waals surface area contributed by atoms with E-state index in [1.165, 1.54) is 19.6 Å². The Kier molecular flexibility index (Phi) is 8.62. The van der Waals surface area contributed by atoms with Gasteiger partial charge in [0.15, 0.2) is 0 Å². The highest BCUT2D eigenvalue weighted by atomic mass is 16.7. The molecule has 0 fully saturated rings. The highest BCUT2D eigenvalue weighted by Gasteiger charge is 2.16. The summed E-state index contributed by atoms with van der Waals surface area (Å²) in [6.45, 7) is -1.81. The molecule has 0 saturated carbocycles. The molecule has 0 unspecified atom stereocenters. The first kappa shape index (κ1) is 23.9. The highest BCUT2D eigenvalue weighted by molar-refractivity contribution is 5.39. The molecule has 0 aromatic carbocycles. The van der Waals surface area contributed by atoms with Gasteiger partial charge in [-0.1, -0.05) is 0 Å². The molecular formula is C15H26N10O6. The smallest absolute Gasteiger partial charge is 0.325 e. The van der Waals surface area contributed by atoms with Crippen LogP contribution in [0.5, 0.6) is 12.0 Å². The summed E-state index contributed by atoms with van der Waals surface area (Å²) in [5.74, 6) is 0.451. The van der Waals surface area contributed by atoms with Gasteiger partial charge in [0.25, 0.3) is 0 Å². The van der Waals surface area contributed by atoms with Gasteiger partial charge < -0.3 is 49.5 Å². The van der Waals surface area contributed by atoms with Crippen molar-refractivity contribution in [2.45, 2.75) is 0 Å². The van der Waals surface area contributed by atoms with E-state index in [0.717, 1.165) is 0 Å². The first-order valence-corrected chi connectivity index (χ1v) is 8.88. The van der Waals surface area contributed by atoms with E-state index in [1.54, 1.807) is 28.2 Å². The number of hydrogen-bond donors (Lipinski definition) is 4. The third-order valence-electron chi connectivity index (χ3n) is 3.77. The van der Waals surface area contributed by atoms with Gasteiger partial charge in [0.1, 0.15) is 26.9 Å². The van der Waals surface area contributed by atoms with Gasteiger partial charge in [-0.05, 0) is 0 Å². The number of aliphatic hydroxyl groups excluding tert-OH is 4. The molecular weight excluding hydrogens is 416 g/mol. The third kappa shape index (κ3) is 6.32. The Bertz CT molecular complexity index is 722. The maximum atomic E-state index is 9.30. The van der Waals surface area contributed by atoms with Crippen LogP contribution in [-0.4, -0.2) is 112 Å². The van der Waals surface area contributed by atoms with Crippen LogP contribution in [0.25, 0.3) is 0 Å². The van der Waals surface area contributed by atoms with E-state index in [9.17, 15) is 20.4 Å². The minimum Gasteiger partial charge on any atom is -0.425 e. The maximum absolute atomic E-state index is 9.30. The molecule has 0 spiro atoms. The molecule has 2 rings (SSSR count). The Labute approximate surface area is 178 Å². The molecule has 2 aromatic rings. The highest BCUT2D eigenvalue weighted by Crippen LogP contribution is 2.18. The minimum absolute atomic E-state index is 0.113. The molecule has 0 radical (unpaired) electrons. The number of rotatable bonds is 12. The van der Waals surface area contributed by atoms with E-state index in [1.807, 2.05) is 0 Å². The summed E-state index contributed by atoms with van der Waals surface area (Å²) >= 11 is 0. The van der Waals surface area contributed by atoms with Gasteiger partial charge in [-0.15, -0.1) is 0 Å². The fraction of sp³-hybridized carbons (Fsp3) is 0.600. The monoisotopic (exact) mass is 442 g/mol. The zero-order chi connectivity index (χ0) is 23.0. The molecule has 0 atom stereocenters. The van der Waals surface area contributed by atoms with Crippen molar-refractivity contribution in [1.82, 2.24) is 29.9 Å². The zero-order valence-corrected chi connectivity index (χ0v) is 17.6. The van der Waals surface area contributed by atoms with Gasteiger partial charge >= 0.3 is 12.0 Å². The molecule has 0 aliphatic carbocycles. The molecule has 2 aromatic heterocycles. The van der Waals surface area contributed by atoms with E-state index in [0.29, 0.717) is 0 Å². The van der Waals surface area contributed by atoms with Crippen LogP contribution in [-0.2, 0) is 0 Å². The molecule has 172 valence electrons. The molecule has 4 N–H and O–H groups in total. The summed E-state index contributed by atoms with van der Waals surface area (Å²) in [7, 11) is 6.23. The van der Waals surface area contributed by atoms with E-state index in [-0.39, 0.29) is 62.7 Å². The fourth-order valence-corrected chi connectivity index (χ4v) is 1.87. The number of anilines is 4. The van der Waals surface area contributed by atoms with Gasteiger partial charge in [-0.2, -0.15) is 29.9 Å². The van der Waals surface area contributed by atoms with E-state index >= 15 is 0 Å². The Balaban J connectivity index is 2.20. The van der Waals surface area contributed by atoms with Gasteiger partial charge in [0.05, 0.1) is 0 Å². The van der Waals surface area contributed by atoms with E-state index in [4.69, 9.17) is 9.47 Å². The lowest BCUT2D eigenvalue weighted by Crippen LogP contribution is -2.26. The summed E-state index contributed by atoms with van der Waals surface area (Å²) in [5, 5.41) is 37.2. The third-order valence-corrected chi connectivity index (χ3v) is 3.77. The summed E-state index contributed by atoms with van der Waals surface area (Å²) in [5.41, 5.74) is 0. The topological polar surface area (TPSA) is 190 Å². The number of aromatic nitrogens is 6. The standard InChI is InChI=1S/C15H26N10O6/c1-22(5-26)10-16-11(23(2)6-27)19-14(18-10)30-9-31-15-20-12(24(3)7-28)17-13(21-15)25(4)8-29/h26-29H,5-9H2,1-4H3. The molecule has 31 heavy (non-hydrogen) atoms. The molecule has 0 amide bonds. The maximum Gasteiger partial charge on any atom is 0.325 e. The predicted molar refractivity (Wildman–Crippen MR) is 108 cm³/mol. The normalized spacial score (nSPS) is 10.6. The van der Waals surface area contributed by atoms with Crippen molar-refractivity contribution < 1.29 is 29.9 Å². The van der Waals surface area contributed by atoms with Crippen molar-refractivity contribution >= 4 is 23.8 Å². The summed E-state index contributed by atoms with van der Waals surface area (Å²) < 4.78 is 10.8. The summed E-state index contributed by atoms with van der Waals surface area (Å²) in [6, 6.07) is -0.259. The fourth-order valence-electron chi connectivity index (χ4n) is 1.87. The van der Waals surface area contributed by atoms with Crippen molar-refractivity contribution in [2.24, 2.45) is 0 Å². The van der Waals surface area contributed by atoms with Gasteiger partial charge in [0, 0.05) is 28.2 Å². The van der Waals surface area contributed by atoms with Crippen LogP contribution in [0.2, 0.25) is 0 Å². The number of aliphatic hydroxyl groups is 4. The second-order valence-electron chi connectivity index (χ2n) is 6.20. The Morgan fingerprint density at radius 2 is 0.774 bits per heavy atom. The molecule has 0 saturated heterocycles. The van der Waals surface area contributed by atoms with Crippen molar-refractivity contribution in [2.75, 3.05) is 81.5 Å². The lowest BCUT2D eigenvalue weighted by Gasteiger charge is -2.19. The van der Waals surface area contributed by atoms with Gasteiger partial charge in [0.2, 0.25) is 30.6 Å². The van der Waals surface area contributed by atoms with Crippen LogP contribution in [0.3, 0.4) is 0 Å². The van der Waals surface area contributed by atoms with Crippen molar-refractivity contribution in [3.8, 4) is 12.0 Å². The number of hydrogen-bond acceptors (Lipinski definition) is 16.